The topological polar surface area (TPSA) is 125 Å². The molecule has 4 aromatic rings. The van der Waals surface area contributed by atoms with E-state index < -0.39 is 28.8 Å². The van der Waals surface area contributed by atoms with E-state index in [1.807, 2.05) is 48.5 Å². The number of aliphatic hydroxyl groups excluding tert-OH is 1. The Morgan fingerprint density at radius 2 is 1.67 bits per heavy atom. The fourth-order valence-corrected chi connectivity index (χ4v) is 7.91. The van der Waals surface area contributed by atoms with Gasteiger partial charge in [-0.15, -0.1) is 22.7 Å². The molecule has 8 nitrogen and oxygen atoms in total. The number of fused-ring (bicyclic) bond motifs is 2. The quantitative estimate of drug-likeness (QED) is 0.222. The van der Waals surface area contributed by atoms with E-state index in [-0.39, 0.29) is 17.3 Å². The van der Waals surface area contributed by atoms with Gasteiger partial charge in [0.25, 0.3) is 0 Å². The number of benzene rings is 2. The lowest BCUT2D eigenvalue weighted by molar-refractivity contribution is -0.162. The van der Waals surface area contributed by atoms with Crippen molar-refractivity contribution in [2.24, 2.45) is 5.73 Å². The molecule has 1 atom stereocenters. The van der Waals surface area contributed by atoms with Crippen molar-refractivity contribution < 1.29 is 24.2 Å². The summed E-state index contributed by atoms with van der Waals surface area (Å²) >= 11 is 5.43. The molecular weight excluding hydrogens is 539 g/mol. The minimum Gasteiger partial charge on any atom is -0.501 e. The van der Waals surface area contributed by atoms with Gasteiger partial charge in [-0.2, -0.15) is 0 Å². The van der Waals surface area contributed by atoms with Crippen molar-refractivity contribution >= 4 is 78.6 Å². The van der Waals surface area contributed by atoms with E-state index >= 15 is 0 Å². The van der Waals surface area contributed by atoms with E-state index in [2.05, 4.69) is 9.97 Å². The smallest absolute Gasteiger partial charge is 0.375 e. The van der Waals surface area contributed by atoms with Crippen LogP contribution in [0.5, 0.6) is 0 Å². The fourth-order valence-electron chi connectivity index (χ4n) is 3.39. The van der Waals surface area contributed by atoms with Crippen LogP contribution in [0, 0.1) is 0 Å². The lowest BCUT2D eigenvalue weighted by Gasteiger charge is -2.30. The molecule has 1 aliphatic heterocycles. The predicted octanol–water partition coefficient (Wildman–Crippen LogP) is 5.14. The number of esters is 2. The number of ether oxygens (including phenoxy) is 2. The zero-order valence-electron chi connectivity index (χ0n) is 19.2. The van der Waals surface area contributed by atoms with Gasteiger partial charge in [-0.1, -0.05) is 47.8 Å². The Morgan fingerprint density at radius 3 is 2.28 bits per heavy atom. The number of hydrogen-bond acceptors (Lipinski definition) is 12. The maximum atomic E-state index is 12.6. The number of nitrogens with two attached hydrogens (primary N) is 1. The standard InChI is InChI=1S/C24H21N3O5S4/c1-23(2,25)20(30)31-11-24(12-33-21-26-13-7-3-5-9-15(13)34-21)18(17(28)19(29)32-24)36-22-27-14-8-4-6-10-16(14)35-22/h3-10,28H,11-12,25H2,1-2H3. The van der Waals surface area contributed by atoms with Crippen LogP contribution in [0.1, 0.15) is 13.8 Å². The number of cyclic esters (lactones) is 1. The molecule has 1 unspecified atom stereocenters. The van der Waals surface area contributed by atoms with Gasteiger partial charge in [0.1, 0.15) is 12.1 Å². The average molecular weight is 560 g/mol. The molecule has 0 radical (unpaired) electrons. The maximum absolute atomic E-state index is 12.6. The second-order valence-corrected chi connectivity index (χ2v) is 13.2. The summed E-state index contributed by atoms with van der Waals surface area (Å²) in [5, 5.41) is 10.7. The van der Waals surface area contributed by atoms with E-state index in [1.165, 1.54) is 48.3 Å². The first-order valence-corrected chi connectivity index (χ1v) is 14.2. The van der Waals surface area contributed by atoms with E-state index in [1.54, 1.807) is 0 Å². The average Bonchev–Trinajstić information content (AvgIpc) is 3.51. The van der Waals surface area contributed by atoms with Crippen LogP contribution in [-0.2, 0) is 19.1 Å². The number of thiazole rings is 2. The summed E-state index contributed by atoms with van der Waals surface area (Å²) in [5.74, 6) is -1.90. The third-order valence-electron chi connectivity index (χ3n) is 5.24. The van der Waals surface area contributed by atoms with Gasteiger partial charge in [0.05, 0.1) is 25.3 Å². The van der Waals surface area contributed by atoms with Crippen molar-refractivity contribution in [2.75, 3.05) is 12.4 Å². The first-order valence-electron chi connectivity index (χ1n) is 10.8. The number of carbonyl (C=O) groups excluding carboxylic acids is 2. The molecule has 5 rings (SSSR count). The highest BCUT2D eigenvalue weighted by molar-refractivity contribution is 8.05. The van der Waals surface area contributed by atoms with Gasteiger partial charge < -0.3 is 20.3 Å². The van der Waals surface area contributed by atoms with Crippen molar-refractivity contribution in [3.8, 4) is 0 Å². The Labute approximate surface area is 222 Å². The molecule has 3 N–H and O–H groups in total. The lowest BCUT2D eigenvalue weighted by atomic mass is 10.1. The van der Waals surface area contributed by atoms with Crippen LogP contribution in [0.15, 0.2) is 67.9 Å². The molecule has 0 spiro atoms. The van der Waals surface area contributed by atoms with Crippen molar-refractivity contribution in [1.82, 2.24) is 9.97 Å². The van der Waals surface area contributed by atoms with E-state index in [0.29, 0.717) is 4.34 Å². The second-order valence-electron chi connectivity index (χ2n) is 8.65. The zero-order valence-corrected chi connectivity index (χ0v) is 22.5. The monoisotopic (exact) mass is 559 g/mol. The van der Waals surface area contributed by atoms with Gasteiger partial charge >= 0.3 is 11.9 Å². The van der Waals surface area contributed by atoms with E-state index in [9.17, 15) is 14.7 Å². The molecule has 1 aliphatic rings. The minimum absolute atomic E-state index is 0.161. The fraction of sp³-hybridized carbons (Fsp3) is 0.250. The molecule has 36 heavy (non-hydrogen) atoms. The van der Waals surface area contributed by atoms with E-state index in [0.717, 1.165) is 36.5 Å². The Hall–Kier alpha value is -2.64. The maximum Gasteiger partial charge on any atom is 0.375 e. The van der Waals surface area contributed by atoms with Crippen LogP contribution in [0.2, 0.25) is 0 Å². The third-order valence-corrected chi connectivity index (χ3v) is 9.99. The Morgan fingerprint density at radius 1 is 1.08 bits per heavy atom. The molecule has 0 saturated carbocycles. The molecular formula is C24H21N3O5S4. The van der Waals surface area contributed by atoms with Crippen LogP contribution < -0.4 is 5.73 Å². The number of aliphatic hydroxyl groups is 1. The molecule has 2 aromatic heterocycles. The van der Waals surface area contributed by atoms with Gasteiger partial charge in [0.15, 0.2) is 14.3 Å². The van der Waals surface area contributed by atoms with Crippen molar-refractivity contribution in [2.45, 2.75) is 33.7 Å². The van der Waals surface area contributed by atoms with Gasteiger partial charge in [-0.3, -0.25) is 4.79 Å². The second kappa shape index (κ2) is 9.67. The highest BCUT2D eigenvalue weighted by Gasteiger charge is 2.51. The molecule has 0 aliphatic carbocycles. The molecule has 2 aromatic carbocycles. The van der Waals surface area contributed by atoms with Gasteiger partial charge in [-0.25, -0.2) is 14.8 Å². The third kappa shape index (κ3) is 4.96. The van der Waals surface area contributed by atoms with Crippen molar-refractivity contribution in [3.63, 3.8) is 0 Å². The summed E-state index contributed by atoms with van der Waals surface area (Å²) in [5.41, 5.74) is 4.89. The summed E-state index contributed by atoms with van der Waals surface area (Å²) in [6, 6.07) is 15.4. The highest BCUT2D eigenvalue weighted by Crippen LogP contribution is 2.47. The van der Waals surface area contributed by atoms with Crippen molar-refractivity contribution in [1.29, 1.82) is 0 Å². The van der Waals surface area contributed by atoms with Crippen LogP contribution in [0.4, 0.5) is 0 Å². The SMILES string of the molecule is CC(C)(N)C(=O)OCC1(CSc2nc3ccccc3s2)OC(=O)C(O)=C1Sc1nc2ccccc2s1. The Bertz CT molecular complexity index is 1440. The number of carbonyl (C=O) groups is 2. The Kier molecular flexibility index (Phi) is 6.72. The number of thioether (sulfide) groups is 2. The lowest BCUT2D eigenvalue weighted by Crippen LogP contribution is -2.47. The summed E-state index contributed by atoms with van der Waals surface area (Å²) < 4.78 is 14.6. The Balaban J connectivity index is 1.47. The molecule has 0 amide bonds. The number of para-hydroxylation sites is 2. The highest BCUT2D eigenvalue weighted by atomic mass is 32.2. The van der Waals surface area contributed by atoms with Gasteiger partial charge in [-0.05, 0) is 38.1 Å². The number of hydrogen-bond donors (Lipinski definition) is 2. The number of rotatable bonds is 8. The molecule has 0 saturated heterocycles. The number of nitrogens with zero attached hydrogens (tertiary/aromatic N) is 2. The van der Waals surface area contributed by atoms with Gasteiger partial charge in [0, 0.05) is 5.75 Å². The number of aromatic nitrogens is 2. The summed E-state index contributed by atoms with van der Waals surface area (Å²) in [6.07, 6.45) is 0. The predicted molar refractivity (Wildman–Crippen MR) is 144 cm³/mol. The summed E-state index contributed by atoms with van der Waals surface area (Å²) in [6.45, 7) is 2.75. The molecule has 0 bridgehead atoms. The summed E-state index contributed by atoms with van der Waals surface area (Å²) in [4.78, 5) is 34.6. The normalized spacial score (nSPS) is 18.2. The van der Waals surface area contributed by atoms with Crippen LogP contribution in [-0.4, -0.2) is 50.5 Å². The molecule has 12 heteroatoms. The first-order chi connectivity index (χ1) is 17.1. The molecule has 3 heterocycles. The van der Waals surface area contributed by atoms with E-state index in [4.69, 9.17) is 15.2 Å². The van der Waals surface area contributed by atoms with Crippen LogP contribution >= 0.6 is 46.2 Å². The minimum atomic E-state index is -1.44. The molecule has 0 fully saturated rings. The zero-order chi connectivity index (χ0) is 25.5. The van der Waals surface area contributed by atoms with Crippen LogP contribution in [0.3, 0.4) is 0 Å². The largest absolute Gasteiger partial charge is 0.501 e. The summed E-state index contributed by atoms with van der Waals surface area (Å²) in [7, 11) is 0. The first kappa shape index (κ1) is 25.0. The molecule has 186 valence electrons. The van der Waals surface area contributed by atoms with Crippen LogP contribution in [0.25, 0.3) is 20.4 Å². The van der Waals surface area contributed by atoms with Gasteiger partial charge in [0.2, 0.25) is 5.76 Å². The van der Waals surface area contributed by atoms with Crippen molar-refractivity contribution in [3.05, 3.63) is 59.2 Å².